The Hall–Kier alpha value is -2.54. The highest BCUT2D eigenvalue weighted by Crippen LogP contribution is 2.14. The second kappa shape index (κ2) is 8.53. The Kier molecular flexibility index (Phi) is 5.90. The maximum Gasteiger partial charge on any atom is 0.315 e. The van der Waals surface area contributed by atoms with Crippen LogP contribution >= 0.6 is 0 Å². The van der Waals surface area contributed by atoms with E-state index < -0.39 is 0 Å². The quantitative estimate of drug-likeness (QED) is 0.837. The molecule has 0 radical (unpaired) electrons. The van der Waals surface area contributed by atoms with Crippen molar-refractivity contribution in [3.05, 3.63) is 48.0 Å². The van der Waals surface area contributed by atoms with Gasteiger partial charge in [0, 0.05) is 38.3 Å². The number of carbonyl (C=O) groups is 1. The zero-order chi connectivity index (χ0) is 17.5. The number of hydrogen-bond donors (Lipinski definition) is 2. The van der Waals surface area contributed by atoms with E-state index in [0.29, 0.717) is 13.0 Å². The van der Waals surface area contributed by atoms with Gasteiger partial charge in [0.25, 0.3) is 0 Å². The summed E-state index contributed by atoms with van der Waals surface area (Å²) in [7, 11) is 0. The standard InChI is InChI=1S/C18H24N4O3/c1-14(11-16-3-2-8-25-16)21-18(23)20-13-15-4-5-19-17(12-15)22-6-9-24-10-7-22/h2-5,8,12,14H,6-7,9-11,13H2,1H3,(H2,20,21,23)/t14-/m1/s1. The number of morpholine rings is 1. The molecule has 1 saturated heterocycles. The van der Waals surface area contributed by atoms with Crippen molar-refractivity contribution in [1.82, 2.24) is 15.6 Å². The molecule has 2 aromatic rings. The van der Waals surface area contributed by atoms with Crippen LogP contribution < -0.4 is 15.5 Å². The fourth-order valence-corrected chi connectivity index (χ4v) is 2.77. The first kappa shape index (κ1) is 17.3. The van der Waals surface area contributed by atoms with Crippen LogP contribution in [0.1, 0.15) is 18.2 Å². The highest BCUT2D eigenvalue weighted by atomic mass is 16.5. The summed E-state index contributed by atoms with van der Waals surface area (Å²) < 4.78 is 10.7. The lowest BCUT2D eigenvalue weighted by atomic mass is 10.2. The number of amides is 2. The van der Waals surface area contributed by atoms with Gasteiger partial charge in [0.15, 0.2) is 0 Å². The van der Waals surface area contributed by atoms with Crippen LogP contribution in [-0.2, 0) is 17.7 Å². The molecule has 1 fully saturated rings. The number of pyridine rings is 1. The van der Waals surface area contributed by atoms with E-state index in [4.69, 9.17) is 9.15 Å². The van der Waals surface area contributed by atoms with E-state index in [-0.39, 0.29) is 12.1 Å². The number of aromatic nitrogens is 1. The molecular formula is C18H24N4O3. The molecule has 7 heteroatoms. The van der Waals surface area contributed by atoms with Gasteiger partial charge in [-0.2, -0.15) is 0 Å². The normalized spacial score (nSPS) is 15.6. The van der Waals surface area contributed by atoms with Crippen LogP contribution in [0, 0.1) is 0 Å². The third-order valence-corrected chi connectivity index (χ3v) is 4.06. The van der Waals surface area contributed by atoms with E-state index in [1.54, 1.807) is 12.5 Å². The van der Waals surface area contributed by atoms with E-state index >= 15 is 0 Å². The molecule has 0 bridgehead atoms. The Balaban J connectivity index is 1.46. The van der Waals surface area contributed by atoms with Gasteiger partial charge < -0.3 is 24.7 Å². The van der Waals surface area contributed by atoms with Crippen molar-refractivity contribution in [2.24, 2.45) is 0 Å². The predicted octanol–water partition coefficient (Wildman–Crippen LogP) is 1.94. The van der Waals surface area contributed by atoms with Crippen LogP contribution in [0.5, 0.6) is 0 Å². The Morgan fingerprint density at radius 3 is 2.96 bits per heavy atom. The fraction of sp³-hybridized carbons (Fsp3) is 0.444. The number of furan rings is 1. The fourth-order valence-electron chi connectivity index (χ4n) is 2.77. The van der Waals surface area contributed by atoms with Gasteiger partial charge in [-0.15, -0.1) is 0 Å². The Labute approximate surface area is 147 Å². The smallest absolute Gasteiger partial charge is 0.315 e. The topological polar surface area (TPSA) is 79.6 Å². The Morgan fingerprint density at radius 2 is 2.20 bits per heavy atom. The molecule has 1 aliphatic heterocycles. The summed E-state index contributed by atoms with van der Waals surface area (Å²) in [5.74, 6) is 1.78. The molecule has 0 spiro atoms. The lowest BCUT2D eigenvalue weighted by Crippen LogP contribution is -2.41. The van der Waals surface area contributed by atoms with Gasteiger partial charge in [-0.1, -0.05) is 0 Å². The second-order valence-electron chi connectivity index (χ2n) is 6.13. The first-order valence-electron chi connectivity index (χ1n) is 8.55. The summed E-state index contributed by atoms with van der Waals surface area (Å²) in [5.41, 5.74) is 1.02. The minimum absolute atomic E-state index is 0.00694. The molecule has 1 aliphatic rings. The number of carbonyl (C=O) groups excluding carboxylic acids is 1. The summed E-state index contributed by atoms with van der Waals surface area (Å²) in [6.45, 7) is 5.54. The van der Waals surface area contributed by atoms with Gasteiger partial charge in [-0.05, 0) is 36.8 Å². The predicted molar refractivity (Wildman–Crippen MR) is 94.5 cm³/mol. The molecule has 2 amide bonds. The van der Waals surface area contributed by atoms with Crippen molar-refractivity contribution in [2.45, 2.75) is 25.9 Å². The summed E-state index contributed by atoms with van der Waals surface area (Å²) in [4.78, 5) is 18.7. The molecule has 25 heavy (non-hydrogen) atoms. The Bertz CT molecular complexity index is 669. The molecule has 0 saturated carbocycles. The third-order valence-electron chi connectivity index (χ3n) is 4.06. The number of anilines is 1. The molecule has 3 rings (SSSR count). The van der Waals surface area contributed by atoms with Crippen molar-refractivity contribution in [1.29, 1.82) is 0 Å². The monoisotopic (exact) mass is 344 g/mol. The minimum atomic E-state index is -0.191. The highest BCUT2D eigenvalue weighted by molar-refractivity contribution is 5.74. The minimum Gasteiger partial charge on any atom is -0.469 e. The van der Waals surface area contributed by atoms with Crippen LogP contribution in [0.15, 0.2) is 41.1 Å². The second-order valence-corrected chi connectivity index (χ2v) is 6.13. The van der Waals surface area contributed by atoms with Gasteiger partial charge in [-0.3, -0.25) is 0 Å². The van der Waals surface area contributed by atoms with Crippen LogP contribution in [0.25, 0.3) is 0 Å². The number of urea groups is 1. The van der Waals surface area contributed by atoms with Crippen molar-refractivity contribution < 1.29 is 13.9 Å². The van der Waals surface area contributed by atoms with Crippen molar-refractivity contribution >= 4 is 11.8 Å². The summed E-state index contributed by atoms with van der Waals surface area (Å²) in [6, 6.07) is 7.47. The SMILES string of the molecule is C[C@H](Cc1ccco1)NC(=O)NCc1ccnc(N2CCOCC2)c1. The molecule has 0 aliphatic carbocycles. The summed E-state index contributed by atoms with van der Waals surface area (Å²) in [6.07, 6.45) is 4.08. The average Bonchev–Trinajstić information content (AvgIpc) is 3.14. The molecule has 134 valence electrons. The molecule has 1 atom stereocenters. The van der Waals surface area contributed by atoms with E-state index in [1.807, 2.05) is 31.2 Å². The average molecular weight is 344 g/mol. The van der Waals surface area contributed by atoms with Crippen LogP contribution in [0.2, 0.25) is 0 Å². The van der Waals surface area contributed by atoms with Crippen molar-refractivity contribution in [3.63, 3.8) is 0 Å². The highest BCUT2D eigenvalue weighted by Gasteiger charge is 2.13. The van der Waals surface area contributed by atoms with E-state index in [2.05, 4.69) is 20.5 Å². The number of nitrogens with one attached hydrogen (secondary N) is 2. The zero-order valence-corrected chi connectivity index (χ0v) is 14.4. The van der Waals surface area contributed by atoms with Crippen LogP contribution in [0.4, 0.5) is 10.6 Å². The molecule has 2 aromatic heterocycles. The first-order valence-corrected chi connectivity index (χ1v) is 8.55. The molecule has 3 heterocycles. The van der Waals surface area contributed by atoms with Crippen molar-refractivity contribution in [3.8, 4) is 0 Å². The summed E-state index contributed by atoms with van der Waals surface area (Å²) >= 11 is 0. The molecule has 7 nitrogen and oxygen atoms in total. The van der Waals surface area contributed by atoms with Crippen LogP contribution in [-0.4, -0.2) is 43.4 Å². The van der Waals surface area contributed by atoms with E-state index in [0.717, 1.165) is 43.4 Å². The van der Waals surface area contributed by atoms with E-state index in [9.17, 15) is 4.79 Å². The largest absolute Gasteiger partial charge is 0.469 e. The van der Waals surface area contributed by atoms with Crippen LogP contribution in [0.3, 0.4) is 0 Å². The lowest BCUT2D eigenvalue weighted by molar-refractivity contribution is 0.122. The van der Waals surface area contributed by atoms with Gasteiger partial charge in [0.1, 0.15) is 11.6 Å². The Morgan fingerprint density at radius 1 is 1.36 bits per heavy atom. The molecular weight excluding hydrogens is 320 g/mol. The number of ether oxygens (including phenoxy) is 1. The van der Waals surface area contributed by atoms with Gasteiger partial charge >= 0.3 is 6.03 Å². The summed E-state index contributed by atoms with van der Waals surface area (Å²) in [5, 5.41) is 5.80. The van der Waals surface area contributed by atoms with E-state index in [1.165, 1.54) is 0 Å². The molecule has 0 aromatic carbocycles. The van der Waals surface area contributed by atoms with Gasteiger partial charge in [-0.25, -0.2) is 9.78 Å². The number of rotatable bonds is 6. The van der Waals surface area contributed by atoms with Crippen molar-refractivity contribution in [2.75, 3.05) is 31.2 Å². The maximum absolute atomic E-state index is 12.0. The first-order chi connectivity index (χ1) is 12.2. The molecule has 0 unspecified atom stereocenters. The molecule has 2 N–H and O–H groups in total. The van der Waals surface area contributed by atoms with Gasteiger partial charge in [0.2, 0.25) is 0 Å². The van der Waals surface area contributed by atoms with Gasteiger partial charge in [0.05, 0.1) is 19.5 Å². The third kappa shape index (κ3) is 5.22. The lowest BCUT2D eigenvalue weighted by Gasteiger charge is -2.28. The number of nitrogens with zero attached hydrogens (tertiary/aromatic N) is 2. The number of hydrogen-bond acceptors (Lipinski definition) is 5. The maximum atomic E-state index is 12.0. The zero-order valence-electron chi connectivity index (χ0n) is 14.4.